The third-order valence-electron chi connectivity index (χ3n) is 2.26. The number of aliphatic hydroxyl groups is 2. The maximum absolute atomic E-state index is 9.70. The maximum atomic E-state index is 9.70. The molecule has 0 radical (unpaired) electrons. The minimum Gasteiger partial charge on any atom is -0.491 e. The topological polar surface area (TPSA) is 52.9 Å². The van der Waals surface area contributed by atoms with Crippen molar-refractivity contribution in [3.05, 3.63) is 28.7 Å². The molecule has 0 amide bonds. The van der Waals surface area contributed by atoms with E-state index < -0.39 is 6.10 Å². The number of halogens is 1. The van der Waals surface area contributed by atoms with E-state index in [9.17, 15) is 5.11 Å². The van der Waals surface area contributed by atoms with Crippen molar-refractivity contribution in [2.24, 2.45) is 0 Å². The monoisotopic (exact) mass is 303 g/mol. The number of rotatable bonds is 7. The Labute approximate surface area is 110 Å². The second-order valence-electron chi connectivity index (χ2n) is 3.90. The van der Waals surface area contributed by atoms with Gasteiger partial charge in [-0.25, -0.2) is 0 Å². The van der Waals surface area contributed by atoms with E-state index in [1.54, 1.807) is 0 Å². The van der Waals surface area contributed by atoms with Gasteiger partial charge in [-0.05, 0) is 31.3 Å². The summed E-state index contributed by atoms with van der Waals surface area (Å²) in [4.78, 5) is 1.86. The molecule has 96 valence electrons. The lowest BCUT2D eigenvalue weighted by Crippen LogP contribution is -2.34. The third-order valence-corrected chi connectivity index (χ3v) is 2.79. The molecule has 0 aliphatic carbocycles. The standard InChI is InChI=1S/C12H18BrNO3/c1-14(6-7-15)8-11(16)9-17-12-4-2-10(13)3-5-12/h2-5,11,15-16H,6-9H2,1H3. The molecule has 0 aromatic heterocycles. The molecule has 1 aromatic rings. The van der Waals surface area contributed by atoms with Crippen LogP contribution in [0.2, 0.25) is 0 Å². The highest BCUT2D eigenvalue weighted by molar-refractivity contribution is 9.10. The fourth-order valence-electron chi connectivity index (χ4n) is 1.40. The molecule has 0 saturated carbocycles. The molecule has 1 rings (SSSR count). The average Bonchev–Trinajstić information content (AvgIpc) is 2.28. The Balaban J connectivity index is 2.27. The van der Waals surface area contributed by atoms with E-state index in [1.807, 2.05) is 36.2 Å². The predicted octanol–water partition coefficient (Wildman–Crippen LogP) is 1.11. The van der Waals surface area contributed by atoms with E-state index >= 15 is 0 Å². The molecule has 1 atom stereocenters. The smallest absolute Gasteiger partial charge is 0.119 e. The molecule has 0 fully saturated rings. The van der Waals surface area contributed by atoms with Crippen LogP contribution in [0, 0.1) is 0 Å². The normalized spacial score (nSPS) is 12.8. The van der Waals surface area contributed by atoms with E-state index in [1.165, 1.54) is 0 Å². The van der Waals surface area contributed by atoms with Crippen molar-refractivity contribution >= 4 is 15.9 Å². The summed E-state index contributed by atoms with van der Waals surface area (Å²) in [6, 6.07) is 7.46. The van der Waals surface area contributed by atoms with Gasteiger partial charge in [0.1, 0.15) is 18.5 Å². The number of nitrogens with zero attached hydrogens (tertiary/aromatic N) is 1. The predicted molar refractivity (Wildman–Crippen MR) is 70.2 cm³/mol. The highest BCUT2D eigenvalue weighted by Crippen LogP contribution is 2.16. The molecule has 17 heavy (non-hydrogen) atoms. The van der Waals surface area contributed by atoms with Gasteiger partial charge in [0, 0.05) is 17.6 Å². The van der Waals surface area contributed by atoms with Crippen molar-refractivity contribution in [3.8, 4) is 5.75 Å². The molecule has 0 bridgehead atoms. The molecule has 1 unspecified atom stereocenters. The Morgan fingerprint density at radius 2 is 2.00 bits per heavy atom. The Hall–Kier alpha value is -0.620. The number of ether oxygens (including phenoxy) is 1. The molecule has 0 spiro atoms. The molecule has 2 N–H and O–H groups in total. The van der Waals surface area contributed by atoms with Crippen molar-refractivity contribution in [1.29, 1.82) is 0 Å². The van der Waals surface area contributed by atoms with Crippen LogP contribution >= 0.6 is 15.9 Å². The van der Waals surface area contributed by atoms with E-state index in [2.05, 4.69) is 15.9 Å². The first kappa shape index (κ1) is 14.4. The van der Waals surface area contributed by atoms with Gasteiger partial charge in [-0.3, -0.25) is 0 Å². The van der Waals surface area contributed by atoms with Gasteiger partial charge in [-0.15, -0.1) is 0 Å². The van der Waals surface area contributed by atoms with Crippen molar-refractivity contribution in [2.75, 3.05) is 33.4 Å². The van der Waals surface area contributed by atoms with Crippen molar-refractivity contribution < 1.29 is 14.9 Å². The molecule has 4 nitrogen and oxygen atoms in total. The summed E-state index contributed by atoms with van der Waals surface area (Å²) in [6.45, 7) is 1.38. The van der Waals surface area contributed by atoms with Crippen molar-refractivity contribution in [3.63, 3.8) is 0 Å². The van der Waals surface area contributed by atoms with Crippen LogP contribution in [-0.2, 0) is 0 Å². The molecule has 0 saturated heterocycles. The first-order valence-electron chi connectivity index (χ1n) is 5.47. The van der Waals surface area contributed by atoms with Gasteiger partial charge in [-0.1, -0.05) is 15.9 Å². The SMILES string of the molecule is CN(CCO)CC(O)COc1ccc(Br)cc1. The molecule has 0 aliphatic heterocycles. The molecule has 0 heterocycles. The van der Waals surface area contributed by atoms with Gasteiger partial charge < -0.3 is 19.8 Å². The van der Waals surface area contributed by atoms with Crippen LogP contribution in [0.4, 0.5) is 0 Å². The molecule has 5 heteroatoms. The second kappa shape index (κ2) is 7.66. The van der Waals surface area contributed by atoms with Crippen LogP contribution < -0.4 is 4.74 Å². The summed E-state index contributed by atoms with van der Waals surface area (Å²) >= 11 is 3.34. The zero-order chi connectivity index (χ0) is 12.7. The lowest BCUT2D eigenvalue weighted by atomic mass is 10.3. The van der Waals surface area contributed by atoms with Gasteiger partial charge in [0.2, 0.25) is 0 Å². The van der Waals surface area contributed by atoms with Gasteiger partial charge in [-0.2, -0.15) is 0 Å². The highest BCUT2D eigenvalue weighted by Gasteiger charge is 2.08. The molecule has 0 aliphatic rings. The first-order valence-corrected chi connectivity index (χ1v) is 6.27. The minimum atomic E-state index is -0.560. The number of likely N-dealkylation sites (N-methyl/N-ethyl adjacent to an activating group) is 1. The van der Waals surface area contributed by atoms with Crippen LogP contribution in [-0.4, -0.2) is 54.6 Å². The van der Waals surface area contributed by atoms with E-state index in [-0.39, 0.29) is 13.2 Å². The molecule has 1 aromatic carbocycles. The Kier molecular flexibility index (Phi) is 6.50. The average molecular weight is 304 g/mol. The van der Waals surface area contributed by atoms with Gasteiger partial charge in [0.05, 0.1) is 6.61 Å². The number of aliphatic hydroxyl groups excluding tert-OH is 2. The Bertz CT molecular complexity index is 318. The van der Waals surface area contributed by atoms with Crippen LogP contribution in [0.5, 0.6) is 5.75 Å². The zero-order valence-corrected chi connectivity index (χ0v) is 11.4. The van der Waals surface area contributed by atoms with Gasteiger partial charge >= 0.3 is 0 Å². The number of hydrogen-bond donors (Lipinski definition) is 2. The fourth-order valence-corrected chi connectivity index (χ4v) is 1.66. The summed E-state index contributed by atoms with van der Waals surface area (Å²) in [7, 11) is 1.85. The van der Waals surface area contributed by atoms with Crippen molar-refractivity contribution in [1.82, 2.24) is 4.90 Å². The summed E-state index contributed by atoms with van der Waals surface area (Å²) < 4.78 is 6.44. The van der Waals surface area contributed by atoms with Crippen LogP contribution in [0.3, 0.4) is 0 Å². The lowest BCUT2D eigenvalue weighted by Gasteiger charge is -2.19. The number of hydrogen-bond acceptors (Lipinski definition) is 4. The maximum Gasteiger partial charge on any atom is 0.119 e. The van der Waals surface area contributed by atoms with E-state index in [0.717, 1.165) is 10.2 Å². The van der Waals surface area contributed by atoms with Crippen LogP contribution in [0.25, 0.3) is 0 Å². The third kappa shape index (κ3) is 6.02. The Morgan fingerprint density at radius 3 is 2.59 bits per heavy atom. The Morgan fingerprint density at radius 1 is 1.35 bits per heavy atom. The van der Waals surface area contributed by atoms with Gasteiger partial charge in [0.25, 0.3) is 0 Å². The largest absolute Gasteiger partial charge is 0.491 e. The summed E-state index contributed by atoms with van der Waals surface area (Å²) in [5, 5.41) is 18.4. The number of benzene rings is 1. The lowest BCUT2D eigenvalue weighted by molar-refractivity contribution is 0.0711. The van der Waals surface area contributed by atoms with Crippen molar-refractivity contribution in [2.45, 2.75) is 6.10 Å². The second-order valence-corrected chi connectivity index (χ2v) is 4.82. The van der Waals surface area contributed by atoms with Gasteiger partial charge in [0.15, 0.2) is 0 Å². The minimum absolute atomic E-state index is 0.0940. The molecular weight excluding hydrogens is 286 g/mol. The van der Waals surface area contributed by atoms with Crippen LogP contribution in [0.15, 0.2) is 28.7 Å². The fraction of sp³-hybridized carbons (Fsp3) is 0.500. The quantitative estimate of drug-likeness (QED) is 0.792. The van der Waals surface area contributed by atoms with E-state index in [4.69, 9.17) is 9.84 Å². The van der Waals surface area contributed by atoms with E-state index in [0.29, 0.717) is 13.1 Å². The highest BCUT2D eigenvalue weighted by atomic mass is 79.9. The summed E-state index contributed by atoms with van der Waals surface area (Å²) in [5.41, 5.74) is 0. The zero-order valence-electron chi connectivity index (χ0n) is 9.84. The first-order chi connectivity index (χ1) is 8.11. The summed E-state index contributed by atoms with van der Waals surface area (Å²) in [6.07, 6.45) is -0.560. The van der Waals surface area contributed by atoms with Crippen LogP contribution in [0.1, 0.15) is 0 Å². The molecular formula is C12H18BrNO3. The summed E-state index contributed by atoms with van der Waals surface area (Å²) in [5.74, 6) is 0.733.